The molecule has 1 heterocycles. The van der Waals surface area contributed by atoms with Gasteiger partial charge >= 0.3 is 0 Å². The van der Waals surface area contributed by atoms with Crippen molar-refractivity contribution in [3.05, 3.63) is 23.8 Å². The van der Waals surface area contributed by atoms with E-state index in [1.807, 2.05) is 12.1 Å². The van der Waals surface area contributed by atoms with Crippen LogP contribution >= 0.6 is 24.0 Å². The summed E-state index contributed by atoms with van der Waals surface area (Å²) in [5, 5.41) is 13.1. The first kappa shape index (κ1) is 23.1. The SMILES string of the molecule is CCNC(=NCc1cccc(OC)c1OC1CCCC1)N1CCC(O)CC1.I. The van der Waals surface area contributed by atoms with Crippen molar-refractivity contribution >= 4 is 29.9 Å². The molecule has 2 fully saturated rings. The first-order chi connectivity index (χ1) is 13.2. The molecule has 7 heteroatoms. The number of halogens is 1. The van der Waals surface area contributed by atoms with E-state index >= 15 is 0 Å². The van der Waals surface area contributed by atoms with Crippen LogP contribution in [0.5, 0.6) is 11.5 Å². The fourth-order valence-electron chi connectivity index (χ4n) is 3.82. The number of likely N-dealkylation sites (tertiary alicyclic amines) is 1. The monoisotopic (exact) mass is 503 g/mol. The molecule has 6 nitrogen and oxygen atoms in total. The summed E-state index contributed by atoms with van der Waals surface area (Å²) in [5.41, 5.74) is 1.05. The van der Waals surface area contributed by atoms with Gasteiger partial charge in [-0.15, -0.1) is 24.0 Å². The number of aliphatic imine (C=N–C) groups is 1. The molecule has 0 amide bonds. The molecule has 2 N–H and O–H groups in total. The lowest BCUT2D eigenvalue weighted by molar-refractivity contribution is 0.108. The smallest absolute Gasteiger partial charge is 0.194 e. The maximum atomic E-state index is 9.76. The summed E-state index contributed by atoms with van der Waals surface area (Å²) in [6, 6.07) is 6.02. The zero-order valence-corrected chi connectivity index (χ0v) is 19.4. The average Bonchev–Trinajstić information content (AvgIpc) is 3.20. The van der Waals surface area contributed by atoms with Crippen molar-refractivity contribution in [2.45, 2.75) is 64.2 Å². The summed E-state index contributed by atoms with van der Waals surface area (Å²) in [7, 11) is 1.69. The van der Waals surface area contributed by atoms with Crippen molar-refractivity contribution in [2.75, 3.05) is 26.7 Å². The minimum absolute atomic E-state index is 0. The summed E-state index contributed by atoms with van der Waals surface area (Å²) >= 11 is 0. The van der Waals surface area contributed by atoms with E-state index in [0.29, 0.717) is 6.54 Å². The van der Waals surface area contributed by atoms with Crippen LogP contribution in [0.25, 0.3) is 0 Å². The number of guanidine groups is 1. The molecular formula is C21H34IN3O3. The van der Waals surface area contributed by atoms with Gasteiger partial charge in [-0.05, 0) is 51.5 Å². The number of hydrogen-bond donors (Lipinski definition) is 2. The van der Waals surface area contributed by atoms with Gasteiger partial charge in [0.2, 0.25) is 0 Å². The number of piperidine rings is 1. The second-order valence-electron chi connectivity index (χ2n) is 7.36. The molecule has 0 unspecified atom stereocenters. The predicted octanol–water partition coefficient (Wildman–Crippen LogP) is 3.56. The van der Waals surface area contributed by atoms with E-state index in [1.165, 1.54) is 12.8 Å². The van der Waals surface area contributed by atoms with Crippen LogP contribution in [0, 0.1) is 0 Å². The fraction of sp³-hybridized carbons (Fsp3) is 0.667. The van der Waals surface area contributed by atoms with Gasteiger partial charge in [-0.1, -0.05) is 12.1 Å². The Balaban J connectivity index is 0.00000280. The number of para-hydroxylation sites is 1. The Kier molecular flexibility index (Phi) is 9.64. The highest BCUT2D eigenvalue weighted by Crippen LogP contribution is 2.35. The van der Waals surface area contributed by atoms with Gasteiger partial charge in [0.05, 0.1) is 25.9 Å². The largest absolute Gasteiger partial charge is 0.493 e. The van der Waals surface area contributed by atoms with Crippen LogP contribution in [0.2, 0.25) is 0 Å². The maximum Gasteiger partial charge on any atom is 0.194 e. The van der Waals surface area contributed by atoms with Gasteiger partial charge < -0.3 is 24.8 Å². The third kappa shape index (κ3) is 6.14. The molecule has 158 valence electrons. The molecule has 1 saturated heterocycles. The van der Waals surface area contributed by atoms with Crippen molar-refractivity contribution in [1.29, 1.82) is 0 Å². The van der Waals surface area contributed by atoms with Crippen molar-refractivity contribution < 1.29 is 14.6 Å². The number of nitrogens with zero attached hydrogens (tertiary/aromatic N) is 2. The van der Waals surface area contributed by atoms with Crippen LogP contribution in [-0.4, -0.2) is 54.9 Å². The molecule has 1 aromatic carbocycles. The van der Waals surface area contributed by atoms with Crippen LogP contribution in [-0.2, 0) is 6.54 Å². The third-order valence-corrected chi connectivity index (χ3v) is 5.37. The first-order valence-corrected chi connectivity index (χ1v) is 10.2. The van der Waals surface area contributed by atoms with E-state index in [2.05, 4.69) is 23.2 Å². The number of nitrogens with one attached hydrogen (secondary N) is 1. The summed E-state index contributed by atoms with van der Waals surface area (Å²) in [6.07, 6.45) is 6.37. The van der Waals surface area contributed by atoms with E-state index in [-0.39, 0.29) is 36.2 Å². The summed E-state index contributed by atoms with van der Waals surface area (Å²) in [5.74, 6) is 2.51. The van der Waals surface area contributed by atoms with E-state index in [1.54, 1.807) is 7.11 Å². The highest BCUT2D eigenvalue weighted by molar-refractivity contribution is 14.0. The van der Waals surface area contributed by atoms with Crippen LogP contribution in [0.4, 0.5) is 0 Å². The molecule has 0 atom stereocenters. The molecule has 1 aromatic rings. The van der Waals surface area contributed by atoms with Crippen molar-refractivity contribution in [3.8, 4) is 11.5 Å². The van der Waals surface area contributed by atoms with Crippen LogP contribution in [0.1, 0.15) is 51.0 Å². The Morgan fingerprint density at radius 1 is 1.21 bits per heavy atom. The second kappa shape index (κ2) is 11.7. The Hall–Kier alpha value is -1.22. The normalized spacial score (nSPS) is 18.7. The summed E-state index contributed by atoms with van der Waals surface area (Å²) in [6.45, 7) is 5.10. The fourth-order valence-corrected chi connectivity index (χ4v) is 3.82. The first-order valence-electron chi connectivity index (χ1n) is 10.2. The van der Waals surface area contributed by atoms with Gasteiger partial charge in [-0.25, -0.2) is 4.99 Å². The molecule has 0 aromatic heterocycles. The molecular weight excluding hydrogens is 469 g/mol. The standard InChI is InChI=1S/C21H33N3O3.HI/c1-3-22-21(24-13-11-17(25)12-14-24)23-15-16-7-6-10-19(26-2)20(16)27-18-8-4-5-9-18;/h6-7,10,17-18,25H,3-5,8-9,11-15H2,1-2H3,(H,22,23);1H. The summed E-state index contributed by atoms with van der Waals surface area (Å²) < 4.78 is 11.9. The minimum atomic E-state index is -0.186. The van der Waals surface area contributed by atoms with Crippen LogP contribution < -0.4 is 14.8 Å². The Morgan fingerprint density at radius 2 is 1.93 bits per heavy atom. The number of benzene rings is 1. The number of aliphatic hydroxyl groups is 1. The number of aliphatic hydroxyl groups excluding tert-OH is 1. The molecule has 0 radical (unpaired) electrons. The number of hydrogen-bond acceptors (Lipinski definition) is 4. The van der Waals surface area contributed by atoms with E-state index in [4.69, 9.17) is 14.5 Å². The highest BCUT2D eigenvalue weighted by Gasteiger charge is 2.22. The minimum Gasteiger partial charge on any atom is -0.493 e. The Morgan fingerprint density at radius 3 is 2.57 bits per heavy atom. The van der Waals surface area contributed by atoms with Crippen LogP contribution in [0.15, 0.2) is 23.2 Å². The lowest BCUT2D eigenvalue weighted by Crippen LogP contribution is -2.46. The van der Waals surface area contributed by atoms with Gasteiger partial charge in [-0.3, -0.25) is 0 Å². The van der Waals surface area contributed by atoms with Crippen LogP contribution in [0.3, 0.4) is 0 Å². The summed E-state index contributed by atoms with van der Waals surface area (Å²) in [4.78, 5) is 7.09. The molecule has 3 rings (SSSR count). The van der Waals surface area contributed by atoms with E-state index in [9.17, 15) is 5.11 Å². The number of ether oxygens (including phenoxy) is 2. The molecule has 0 spiro atoms. The maximum absolute atomic E-state index is 9.76. The van der Waals surface area contributed by atoms with Gasteiger partial charge in [-0.2, -0.15) is 0 Å². The quantitative estimate of drug-likeness (QED) is 0.353. The van der Waals surface area contributed by atoms with Crippen molar-refractivity contribution in [1.82, 2.24) is 10.2 Å². The predicted molar refractivity (Wildman–Crippen MR) is 123 cm³/mol. The Labute approximate surface area is 185 Å². The van der Waals surface area contributed by atoms with Gasteiger partial charge in [0.1, 0.15) is 0 Å². The molecule has 0 bridgehead atoms. The molecule has 1 aliphatic carbocycles. The van der Waals surface area contributed by atoms with Gasteiger partial charge in [0.15, 0.2) is 17.5 Å². The van der Waals surface area contributed by atoms with Crippen molar-refractivity contribution in [3.63, 3.8) is 0 Å². The van der Waals surface area contributed by atoms with Gasteiger partial charge in [0.25, 0.3) is 0 Å². The second-order valence-corrected chi connectivity index (χ2v) is 7.36. The number of methoxy groups -OCH3 is 1. The number of rotatable bonds is 6. The molecule has 1 aliphatic heterocycles. The zero-order valence-electron chi connectivity index (χ0n) is 17.0. The zero-order chi connectivity index (χ0) is 19.1. The third-order valence-electron chi connectivity index (χ3n) is 5.37. The van der Waals surface area contributed by atoms with Crippen molar-refractivity contribution in [2.24, 2.45) is 4.99 Å². The topological polar surface area (TPSA) is 66.3 Å². The molecule has 28 heavy (non-hydrogen) atoms. The molecule has 2 aliphatic rings. The van der Waals surface area contributed by atoms with E-state index < -0.39 is 0 Å². The average molecular weight is 503 g/mol. The Bertz CT molecular complexity index is 627. The van der Waals surface area contributed by atoms with E-state index in [0.717, 1.165) is 68.3 Å². The lowest BCUT2D eigenvalue weighted by atomic mass is 10.1. The van der Waals surface area contributed by atoms with Gasteiger partial charge in [0, 0.05) is 25.2 Å². The molecule has 1 saturated carbocycles. The lowest BCUT2D eigenvalue weighted by Gasteiger charge is -2.32. The highest BCUT2D eigenvalue weighted by atomic mass is 127.